The van der Waals surface area contributed by atoms with E-state index >= 15 is 0 Å². The highest BCUT2D eigenvalue weighted by molar-refractivity contribution is 5.78. The maximum Gasteiger partial charge on any atom is 0.320 e. The monoisotopic (exact) mass is 252 g/mol. The van der Waals surface area contributed by atoms with E-state index in [1.807, 2.05) is 0 Å². The first kappa shape index (κ1) is 14.0. The zero-order valence-corrected chi connectivity index (χ0v) is 9.80. The molecule has 1 amide bonds. The number of aliphatic carboxylic acids is 1. The third-order valence-electron chi connectivity index (χ3n) is 2.43. The standard InChI is InChI=1S/C12H16N2O4/c13-10(12(17)18)5-6-11(16)14-7-8-1-3-9(15)4-2-8/h1-4,10,15H,5-7,13H2,(H,14,16)(H,17,18)/t10-/m0/s1. The molecule has 0 aliphatic rings. The first-order chi connectivity index (χ1) is 8.49. The van der Waals surface area contributed by atoms with Crippen LogP contribution in [0.3, 0.4) is 0 Å². The first-order valence-corrected chi connectivity index (χ1v) is 5.52. The Hall–Kier alpha value is -2.08. The lowest BCUT2D eigenvalue weighted by molar-refractivity contribution is -0.138. The van der Waals surface area contributed by atoms with Crippen LogP contribution in [0.1, 0.15) is 18.4 Å². The van der Waals surface area contributed by atoms with Gasteiger partial charge in [0.05, 0.1) is 0 Å². The minimum absolute atomic E-state index is 0.0750. The Morgan fingerprint density at radius 3 is 2.44 bits per heavy atom. The number of rotatable bonds is 6. The largest absolute Gasteiger partial charge is 0.508 e. The van der Waals surface area contributed by atoms with Crippen molar-refractivity contribution in [3.8, 4) is 5.75 Å². The second-order valence-corrected chi connectivity index (χ2v) is 3.93. The molecule has 6 heteroatoms. The molecule has 0 aliphatic carbocycles. The quantitative estimate of drug-likeness (QED) is 0.577. The zero-order chi connectivity index (χ0) is 13.5. The van der Waals surface area contributed by atoms with Gasteiger partial charge in [-0.3, -0.25) is 9.59 Å². The van der Waals surface area contributed by atoms with Gasteiger partial charge < -0.3 is 21.3 Å². The van der Waals surface area contributed by atoms with Gasteiger partial charge >= 0.3 is 5.97 Å². The first-order valence-electron chi connectivity index (χ1n) is 5.52. The summed E-state index contributed by atoms with van der Waals surface area (Å²) in [6.07, 6.45) is 0.183. The predicted octanol–water partition coefficient (Wildman–Crippen LogP) is 0.200. The molecule has 0 bridgehead atoms. The number of amides is 1. The van der Waals surface area contributed by atoms with Gasteiger partial charge in [0.25, 0.3) is 0 Å². The normalized spacial score (nSPS) is 11.8. The van der Waals surface area contributed by atoms with E-state index in [2.05, 4.69) is 5.32 Å². The van der Waals surface area contributed by atoms with Crippen LogP contribution in [0.15, 0.2) is 24.3 Å². The number of phenolic OH excluding ortho intramolecular Hbond substituents is 1. The smallest absolute Gasteiger partial charge is 0.320 e. The van der Waals surface area contributed by atoms with Crippen LogP contribution in [0.5, 0.6) is 5.75 Å². The molecule has 1 aromatic rings. The number of carbonyl (C=O) groups excluding carboxylic acids is 1. The van der Waals surface area contributed by atoms with Gasteiger partial charge in [-0.2, -0.15) is 0 Å². The van der Waals surface area contributed by atoms with Crippen molar-refractivity contribution >= 4 is 11.9 Å². The van der Waals surface area contributed by atoms with Gasteiger partial charge in [-0.1, -0.05) is 12.1 Å². The Labute approximate surface area is 104 Å². The molecular weight excluding hydrogens is 236 g/mol. The number of benzene rings is 1. The summed E-state index contributed by atoms with van der Waals surface area (Å²) in [4.78, 5) is 21.8. The molecule has 0 radical (unpaired) electrons. The van der Waals surface area contributed by atoms with Crippen molar-refractivity contribution in [2.24, 2.45) is 5.73 Å². The highest BCUT2D eigenvalue weighted by Gasteiger charge is 2.13. The van der Waals surface area contributed by atoms with E-state index in [0.29, 0.717) is 6.54 Å². The molecule has 98 valence electrons. The Bertz CT molecular complexity index is 417. The van der Waals surface area contributed by atoms with Crippen LogP contribution < -0.4 is 11.1 Å². The molecule has 0 aliphatic heterocycles. The van der Waals surface area contributed by atoms with E-state index in [4.69, 9.17) is 15.9 Å². The molecule has 18 heavy (non-hydrogen) atoms. The molecule has 1 aromatic carbocycles. The summed E-state index contributed by atoms with van der Waals surface area (Å²) in [5.74, 6) is -1.20. The van der Waals surface area contributed by atoms with E-state index < -0.39 is 12.0 Å². The SMILES string of the molecule is N[C@@H](CCC(=O)NCc1ccc(O)cc1)C(=O)O. The van der Waals surface area contributed by atoms with Crippen molar-refractivity contribution in [1.29, 1.82) is 0 Å². The summed E-state index contributed by atoms with van der Waals surface area (Å²) >= 11 is 0. The highest BCUT2D eigenvalue weighted by atomic mass is 16.4. The minimum atomic E-state index is -1.11. The molecule has 0 unspecified atom stereocenters. The number of aromatic hydroxyl groups is 1. The minimum Gasteiger partial charge on any atom is -0.508 e. The van der Waals surface area contributed by atoms with Crippen LogP contribution in [-0.2, 0) is 16.1 Å². The topological polar surface area (TPSA) is 113 Å². The molecular formula is C12H16N2O4. The fraction of sp³-hybridized carbons (Fsp3) is 0.333. The summed E-state index contributed by atoms with van der Waals surface area (Å²) < 4.78 is 0. The lowest BCUT2D eigenvalue weighted by atomic mass is 10.1. The van der Waals surface area contributed by atoms with Gasteiger partial charge in [0.15, 0.2) is 0 Å². The maximum atomic E-state index is 11.4. The van der Waals surface area contributed by atoms with Crippen LogP contribution >= 0.6 is 0 Å². The predicted molar refractivity (Wildman–Crippen MR) is 64.8 cm³/mol. The maximum absolute atomic E-state index is 11.4. The number of hydrogen-bond donors (Lipinski definition) is 4. The number of phenols is 1. The van der Waals surface area contributed by atoms with Crippen molar-refractivity contribution < 1.29 is 19.8 Å². The van der Waals surface area contributed by atoms with Gasteiger partial charge in [0.2, 0.25) is 5.91 Å². The van der Waals surface area contributed by atoms with E-state index in [-0.39, 0.29) is 24.5 Å². The van der Waals surface area contributed by atoms with Gasteiger partial charge in [0.1, 0.15) is 11.8 Å². The number of nitrogens with one attached hydrogen (secondary N) is 1. The average Bonchev–Trinajstić information content (AvgIpc) is 2.35. The van der Waals surface area contributed by atoms with Crippen molar-refractivity contribution in [3.05, 3.63) is 29.8 Å². The number of carboxylic acids is 1. The summed E-state index contributed by atoms with van der Waals surface area (Å²) in [5, 5.41) is 20.3. The third kappa shape index (κ3) is 4.84. The van der Waals surface area contributed by atoms with Gasteiger partial charge in [-0.05, 0) is 24.1 Å². The van der Waals surface area contributed by atoms with Crippen LogP contribution in [0.2, 0.25) is 0 Å². The van der Waals surface area contributed by atoms with Crippen LogP contribution in [0.25, 0.3) is 0 Å². The number of carboxylic acid groups (broad SMARTS) is 1. The lowest BCUT2D eigenvalue weighted by Crippen LogP contribution is -2.32. The van der Waals surface area contributed by atoms with Crippen LogP contribution in [0.4, 0.5) is 0 Å². The number of hydrogen-bond acceptors (Lipinski definition) is 4. The zero-order valence-electron chi connectivity index (χ0n) is 9.80. The molecule has 1 atom stereocenters. The van der Waals surface area contributed by atoms with Crippen molar-refractivity contribution in [1.82, 2.24) is 5.32 Å². The van der Waals surface area contributed by atoms with E-state index in [9.17, 15) is 9.59 Å². The van der Waals surface area contributed by atoms with E-state index in [0.717, 1.165) is 5.56 Å². The van der Waals surface area contributed by atoms with Crippen LogP contribution in [-0.4, -0.2) is 28.1 Å². The molecule has 0 saturated heterocycles. The molecule has 0 saturated carbocycles. The summed E-state index contributed by atoms with van der Waals surface area (Å²) in [6, 6.07) is 5.44. The number of carbonyl (C=O) groups is 2. The van der Waals surface area contributed by atoms with E-state index in [1.165, 1.54) is 12.1 Å². The Morgan fingerprint density at radius 2 is 1.89 bits per heavy atom. The van der Waals surface area contributed by atoms with Crippen molar-refractivity contribution in [3.63, 3.8) is 0 Å². The Balaban J connectivity index is 2.29. The van der Waals surface area contributed by atoms with E-state index in [1.54, 1.807) is 12.1 Å². The molecule has 6 nitrogen and oxygen atoms in total. The molecule has 0 heterocycles. The summed E-state index contributed by atoms with van der Waals surface area (Å²) in [7, 11) is 0. The van der Waals surface area contributed by atoms with Gasteiger partial charge in [-0.15, -0.1) is 0 Å². The fourth-order valence-corrected chi connectivity index (χ4v) is 1.31. The highest BCUT2D eigenvalue weighted by Crippen LogP contribution is 2.09. The van der Waals surface area contributed by atoms with Gasteiger partial charge in [0, 0.05) is 13.0 Å². The molecule has 0 aromatic heterocycles. The lowest BCUT2D eigenvalue weighted by Gasteiger charge is -2.07. The summed E-state index contributed by atoms with van der Waals surface area (Å²) in [6.45, 7) is 0.335. The van der Waals surface area contributed by atoms with Crippen molar-refractivity contribution in [2.75, 3.05) is 0 Å². The van der Waals surface area contributed by atoms with Crippen LogP contribution in [0, 0.1) is 0 Å². The molecule has 0 fully saturated rings. The van der Waals surface area contributed by atoms with Gasteiger partial charge in [-0.25, -0.2) is 0 Å². The number of nitrogens with two attached hydrogens (primary N) is 1. The summed E-state index contributed by atoms with van der Waals surface area (Å²) in [5.41, 5.74) is 6.13. The third-order valence-corrected chi connectivity index (χ3v) is 2.43. The molecule has 1 rings (SSSR count). The Kier molecular flexibility index (Phi) is 5.13. The average molecular weight is 252 g/mol. The second kappa shape index (κ2) is 6.61. The molecule has 0 spiro atoms. The molecule has 5 N–H and O–H groups in total. The Morgan fingerprint density at radius 1 is 1.28 bits per heavy atom. The fourth-order valence-electron chi connectivity index (χ4n) is 1.31. The van der Waals surface area contributed by atoms with Crippen molar-refractivity contribution in [2.45, 2.75) is 25.4 Å². The second-order valence-electron chi connectivity index (χ2n) is 3.93.